The SMILES string of the molecule is C1CC(CNCC2CCNC2)C1. The molecule has 1 aliphatic carbocycles. The molecular weight excluding hydrogens is 148 g/mol. The lowest BCUT2D eigenvalue weighted by Gasteiger charge is -2.26. The van der Waals surface area contributed by atoms with Gasteiger partial charge in [-0.15, -0.1) is 0 Å². The fourth-order valence-electron chi connectivity index (χ4n) is 2.08. The highest BCUT2D eigenvalue weighted by molar-refractivity contribution is 4.76. The van der Waals surface area contributed by atoms with Crippen LogP contribution in [0.15, 0.2) is 0 Å². The summed E-state index contributed by atoms with van der Waals surface area (Å²) in [5.74, 6) is 1.92. The van der Waals surface area contributed by atoms with Gasteiger partial charge >= 0.3 is 0 Å². The first-order valence-electron chi connectivity index (χ1n) is 5.36. The second-order valence-electron chi connectivity index (χ2n) is 4.31. The maximum atomic E-state index is 3.59. The Hall–Kier alpha value is -0.0800. The molecule has 1 atom stereocenters. The summed E-state index contributed by atoms with van der Waals surface area (Å²) in [5.41, 5.74) is 0. The summed E-state index contributed by atoms with van der Waals surface area (Å²) in [6.07, 6.45) is 5.78. The number of hydrogen-bond acceptors (Lipinski definition) is 2. The van der Waals surface area contributed by atoms with Crippen LogP contribution >= 0.6 is 0 Å². The highest BCUT2D eigenvalue weighted by Crippen LogP contribution is 2.25. The monoisotopic (exact) mass is 168 g/mol. The lowest BCUT2D eigenvalue weighted by atomic mass is 9.85. The summed E-state index contributed by atoms with van der Waals surface area (Å²) < 4.78 is 0. The summed E-state index contributed by atoms with van der Waals surface area (Å²) in [5, 5.41) is 6.99. The molecule has 1 unspecified atom stereocenters. The molecule has 1 aliphatic heterocycles. The van der Waals surface area contributed by atoms with Gasteiger partial charge in [-0.25, -0.2) is 0 Å². The van der Waals surface area contributed by atoms with E-state index in [1.54, 1.807) is 0 Å². The highest BCUT2D eigenvalue weighted by Gasteiger charge is 2.18. The Kier molecular flexibility index (Phi) is 3.01. The normalized spacial score (nSPS) is 30.5. The zero-order valence-corrected chi connectivity index (χ0v) is 7.81. The highest BCUT2D eigenvalue weighted by atomic mass is 14.9. The van der Waals surface area contributed by atoms with Gasteiger partial charge in [-0.2, -0.15) is 0 Å². The Morgan fingerprint density at radius 1 is 1.08 bits per heavy atom. The van der Waals surface area contributed by atoms with E-state index in [-0.39, 0.29) is 0 Å². The van der Waals surface area contributed by atoms with Gasteiger partial charge in [0.05, 0.1) is 0 Å². The maximum absolute atomic E-state index is 3.59. The molecule has 0 bridgehead atoms. The predicted octanol–water partition coefficient (Wildman–Crippen LogP) is 0.986. The minimum atomic E-state index is 0.907. The standard InChI is InChI=1S/C10H20N2/c1-2-9(3-1)6-12-8-10-4-5-11-7-10/h9-12H,1-8H2. The van der Waals surface area contributed by atoms with Crippen LogP contribution in [0.4, 0.5) is 0 Å². The Morgan fingerprint density at radius 3 is 2.50 bits per heavy atom. The number of nitrogens with one attached hydrogen (secondary N) is 2. The average Bonchev–Trinajstić information content (AvgIpc) is 2.46. The van der Waals surface area contributed by atoms with Gasteiger partial charge in [0.15, 0.2) is 0 Å². The van der Waals surface area contributed by atoms with Crippen LogP contribution in [-0.4, -0.2) is 26.2 Å². The minimum Gasteiger partial charge on any atom is -0.316 e. The third kappa shape index (κ3) is 2.20. The molecule has 0 aromatic rings. The van der Waals surface area contributed by atoms with Gasteiger partial charge in [0.2, 0.25) is 0 Å². The molecule has 2 heteroatoms. The van der Waals surface area contributed by atoms with Crippen molar-refractivity contribution in [2.75, 3.05) is 26.2 Å². The molecule has 2 N–H and O–H groups in total. The summed E-state index contributed by atoms with van der Waals surface area (Å²) >= 11 is 0. The van der Waals surface area contributed by atoms with Crippen molar-refractivity contribution in [2.24, 2.45) is 11.8 Å². The molecule has 2 fully saturated rings. The zero-order chi connectivity index (χ0) is 8.23. The van der Waals surface area contributed by atoms with Crippen LogP contribution in [-0.2, 0) is 0 Å². The molecule has 0 aromatic carbocycles. The topological polar surface area (TPSA) is 24.1 Å². The van der Waals surface area contributed by atoms with Gasteiger partial charge < -0.3 is 10.6 Å². The molecule has 1 heterocycles. The molecule has 0 radical (unpaired) electrons. The van der Waals surface area contributed by atoms with E-state index >= 15 is 0 Å². The van der Waals surface area contributed by atoms with Crippen LogP contribution in [0.5, 0.6) is 0 Å². The van der Waals surface area contributed by atoms with Crippen molar-refractivity contribution in [3.05, 3.63) is 0 Å². The lowest BCUT2D eigenvalue weighted by Crippen LogP contribution is -2.31. The van der Waals surface area contributed by atoms with E-state index in [1.807, 2.05) is 0 Å². The Bertz CT molecular complexity index is 126. The second-order valence-corrected chi connectivity index (χ2v) is 4.31. The van der Waals surface area contributed by atoms with Gasteiger partial charge in [-0.05, 0) is 57.3 Å². The molecular formula is C10H20N2. The first-order valence-corrected chi connectivity index (χ1v) is 5.36. The third-order valence-corrected chi connectivity index (χ3v) is 3.25. The predicted molar refractivity (Wildman–Crippen MR) is 51.2 cm³/mol. The van der Waals surface area contributed by atoms with E-state index in [4.69, 9.17) is 0 Å². The number of rotatable bonds is 4. The zero-order valence-electron chi connectivity index (χ0n) is 7.81. The molecule has 0 spiro atoms. The summed E-state index contributed by atoms with van der Waals surface area (Å²) in [7, 11) is 0. The van der Waals surface area contributed by atoms with Crippen LogP contribution in [0.1, 0.15) is 25.7 Å². The fourth-order valence-corrected chi connectivity index (χ4v) is 2.08. The molecule has 2 rings (SSSR count). The van der Waals surface area contributed by atoms with Gasteiger partial charge in [0.25, 0.3) is 0 Å². The van der Waals surface area contributed by atoms with E-state index in [0.29, 0.717) is 0 Å². The van der Waals surface area contributed by atoms with E-state index in [2.05, 4.69) is 10.6 Å². The Labute approximate surface area is 75.1 Å². The first kappa shape index (κ1) is 8.52. The molecule has 0 amide bonds. The Balaban J connectivity index is 1.49. The van der Waals surface area contributed by atoms with E-state index < -0.39 is 0 Å². The molecule has 70 valence electrons. The van der Waals surface area contributed by atoms with E-state index in [0.717, 1.165) is 11.8 Å². The average molecular weight is 168 g/mol. The van der Waals surface area contributed by atoms with Crippen molar-refractivity contribution in [1.29, 1.82) is 0 Å². The lowest BCUT2D eigenvalue weighted by molar-refractivity contribution is 0.296. The van der Waals surface area contributed by atoms with Crippen LogP contribution in [0.2, 0.25) is 0 Å². The van der Waals surface area contributed by atoms with Crippen molar-refractivity contribution in [2.45, 2.75) is 25.7 Å². The van der Waals surface area contributed by atoms with Crippen molar-refractivity contribution >= 4 is 0 Å². The van der Waals surface area contributed by atoms with Gasteiger partial charge in [-0.1, -0.05) is 6.42 Å². The van der Waals surface area contributed by atoms with E-state index in [1.165, 1.54) is 51.9 Å². The first-order chi connectivity index (χ1) is 5.95. The number of hydrogen-bond donors (Lipinski definition) is 2. The molecule has 2 nitrogen and oxygen atoms in total. The smallest absolute Gasteiger partial charge is 0.000779 e. The summed E-state index contributed by atoms with van der Waals surface area (Å²) in [6.45, 7) is 4.98. The molecule has 0 aromatic heterocycles. The van der Waals surface area contributed by atoms with Crippen LogP contribution in [0.25, 0.3) is 0 Å². The molecule has 2 aliphatic rings. The Morgan fingerprint density at radius 2 is 1.92 bits per heavy atom. The van der Waals surface area contributed by atoms with E-state index in [9.17, 15) is 0 Å². The van der Waals surface area contributed by atoms with Crippen molar-refractivity contribution in [3.8, 4) is 0 Å². The van der Waals surface area contributed by atoms with Crippen molar-refractivity contribution in [1.82, 2.24) is 10.6 Å². The van der Waals surface area contributed by atoms with Crippen LogP contribution in [0, 0.1) is 11.8 Å². The fraction of sp³-hybridized carbons (Fsp3) is 1.00. The van der Waals surface area contributed by atoms with Gasteiger partial charge in [0, 0.05) is 0 Å². The largest absolute Gasteiger partial charge is 0.316 e. The van der Waals surface area contributed by atoms with Gasteiger partial charge in [-0.3, -0.25) is 0 Å². The molecule has 1 saturated carbocycles. The molecule has 12 heavy (non-hydrogen) atoms. The third-order valence-electron chi connectivity index (χ3n) is 3.25. The van der Waals surface area contributed by atoms with Crippen LogP contribution < -0.4 is 10.6 Å². The van der Waals surface area contributed by atoms with Gasteiger partial charge in [0.1, 0.15) is 0 Å². The van der Waals surface area contributed by atoms with Crippen molar-refractivity contribution in [3.63, 3.8) is 0 Å². The molecule has 1 saturated heterocycles. The van der Waals surface area contributed by atoms with Crippen LogP contribution in [0.3, 0.4) is 0 Å². The summed E-state index contributed by atoms with van der Waals surface area (Å²) in [6, 6.07) is 0. The maximum Gasteiger partial charge on any atom is -0.000779 e. The quantitative estimate of drug-likeness (QED) is 0.654. The van der Waals surface area contributed by atoms with Crippen molar-refractivity contribution < 1.29 is 0 Å². The minimum absolute atomic E-state index is 0.907. The second kappa shape index (κ2) is 4.24. The summed E-state index contributed by atoms with van der Waals surface area (Å²) in [4.78, 5) is 0.